The number of rotatable bonds is 5. The number of ether oxygens (including phenoxy) is 1. The van der Waals surface area contributed by atoms with Crippen LogP contribution in [0.2, 0.25) is 0 Å². The van der Waals surface area contributed by atoms with Gasteiger partial charge in [0, 0.05) is 26.8 Å². The highest BCUT2D eigenvalue weighted by molar-refractivity contribution is 5.84. The van der Waals surface area contributed by atoms with Crippen molar-refractivity contribution in [2.24, 2.45) is 11.3 Å². The van der Waals surface area contributed by atoms with Gasteiger partial charge in [0.05, 0.1) is 11.3 Å². The van der Waals surface area contributed by atoms with E-state index in [0.29, 0.717) is 26.1 Å². The number of carboxylic acid groups (broad SMARTS) is 1. The molecule has 0 spiro atoms. The van der Waals surface area contributed by atoms with E-state index in [1.807, 2.05) is 0 Å². The van der Waals surface area contributed by atoms with Crippen molar-refractivity contribution in [2.45, 2.75) is 38.5 Å². The standard InChI is InChI=1S/C14H23NO4/c1-19-9-7-14(5-3-6-14)13(18)15-8-2-4-11(10-15)12(16)17/h11H,2-10H2,1H3,(H,16,17)/t11-/m1/s1. The molecule has 0 radical (unpaired) electrons. The predicted molar refractivity (Wildman–Crippen MR) is 69.7 cm³/mol. The van der Waals surface area contributed by atoms with E-state index >= 15 is 0 Å². The molecular formula is C14H23NO4. The topological polar surface area (TPSA) is 66.8 Å². The fourth-order valence-electron chi connectivity index (χ4n) is 3.17. The molecule has 2 fully saturated rings. The lowest BCUT2D eigenvalue weighted by Crippen LogP contribution is -2.52. The van der Waals surface area contributed by atoms with E-state index in [9.17, 15) is 9.59 Å². The van der Waals surface area contributed by atoms with Crippen molar-refractivity contribution in [2.75, 3.05) is 26.8 Å². The highest BCUT2D eigenvalue weighted by Gasteiger charge is 2.46. The minimum absolute atomic E-state index is 0.154. The molecule has 0 aromatic carbocycles. The second-order valence-electron chi connectivity index (χ2n) is 5.81. The SMILES string of the molecule is COCCC1(C(=O)N2CCC[C@@H](C(=O)O)C2)CCC1. The summed E-state index contributed by atoms with van der Waals surface area (Å²) in [6, 6.07) is 0. The summed E-state index contributed by atoms with van der Waals surface area (Å²) < 4.78 is 5.11. The average molecular weight is 269 g/mol. The third-order valence-electron chi connectivity index (χ3n) is 4.61. The Labute approximate surface area is 113 Å². The lowest BCUT2D eigenvalue weighted by atomic mass is 9.65. The van der Waals surface area contributed by atoms with Crippen LogP contribution in [-0.4, -0.2) is 48.7 Å². The molecule has 0 aromatic rings. The van der Waals surface area contributed by atoms with Gasteiger partial charge in [-0.1, -0.05) is 6.42 Å². The number of hydrogen-bond donors (Lipinski definition) is 1. The first-order valence-corrected chi connectivity index (χ1v) is 7.10. The summed E-state index contributed by atoms with van der Waals surface area (Å²) in [5.41, 5.74) is -0.267. The number of amides is 1. The normalized spacial score (nSPS) is 25.7. The van der Waals surface area contributed by atoms with Crippen LogP contribution in [0.5, 0.6) is 0 Å². The number of hydrogen-bond acceptors (Lipinski definition) is 3. The van der Waals surface area contributed by atoms with Crippen LogP contribution in [-0.2, 0) is 14.3 Å². The highest BCUT2D eigenvalue weighted by Crippen LogP contribution is 2.46. The van der Waals surface area contributed by atoms with Gasteiger partial charge in [-0.2, -0.15) is 0 Å². The van der Waals surface area contributed by atoms with Crippen molar-refractivity contribution in [3.05, 3.63) is 0 Å². The number of carbonyl (C=O) groups excluding carboxylic acids is 1. The zero-order valence-electron chi connectivity index (χ0n) is 11.6. The van der Waals surface area contributed by atoms with Crippen LogP contribution in [0.1, 0.15) is 38.5 Å². The van der Waals surface area contributed by atoms with Crippen LogP contribution < -0.4 is 0 Å². The average Bonchev–Trinajstić information content (AvgIpc) is 2.37. The van der Waals surface area contributed by atoms with E-state index in [2.05, 4.69) is 0 Å². The Balaban J connectivity index is 1.99. The van der Waals surface area contributed by atoms with Crippen molar-refractivity contribution >= 4 is 11.9 Å². The maximum atomic E-state index is 12.7. The number of nitrogens with zero attached hydrogens (tertiary/aromatic N) is 1. The lowest BCUT2D eigenvalue weighted by molar-refractivity contribution is -0.154. The summed E-state index contributed by atoms with van der Waals surface area (Å²) in [5, 5.41) is 9.10. The summed E-state index contributed by atoms with van der Waals surface area (Å²) in [5.74, 6) is -1.02. The molecule has 0 unspecified atom stereocenters. The van der Waals surface area contributed by atoms with Crippen molar-refractivity contribution in [1.29, 1.82) is 0 Å². The first kappa shape index (κ1) is 14.3. The second-order valence-corrected chi connectivity index (χ2v) is 5.81. The highest BCUT2D eigenvalue weighted by atomic mass is 16.5. The third kappa shape index (κ3) is 2.91. The largest absolute Gasteiger partial charge is 0.481 e. The molecule has 1 N–H and O–H groups in total. The van der Waals surface area contributed by atoms with Crippen LogP contribution >= 0.6 is 0 Å². The quantitative estimate of drug-likeness (QED) is 0.821. The summed E-state index contributed by atoms with van der Waals surface area (Å²) in [4.78, 5) is 25.5. The molecule has 0 bridgehead atoms. The van der Waals surface area contributed by atoms with Gasteiger partial charge in [-0.25, -0.2) is 0 Å². The summed E-state index contributed by atoms with van der Waals surface area (Å²) in [6.45, 7) is 1.68. The Morgan fingerprint density at radius 1 is 1.37 bits per heavy atom. The molecule has 1 heterocycles. The van der Waals surface area contributed by atoms with Crippen LogP contribution in [0, 0.1) is 11.3 Å². The third-order valence-corrected chi connectivity index (χ3v) is 4.61. The van der Waals surface area contributed by atoms with Crippen LogP contribution in [0.15, 0.2) is 0 Å². The van der Waals surface area contributed by atoms with Gasteiger partial charge in [-0.3, -0.25) is 9.59 Å². The zero-order chi connectivity index (χ0) is 13.9. The first-order valence-electron chi connectivity index (χ1n) is 7.10. The Morgan fingerprint density at radius 3 is 2.63 bits per heavy atom. The second kappa shape index (κ2) is 5.90. The fraction of sp³-hybridized carbons (Fsp3) is 0.857. The van der Waals surface area contributed by atoms with Crippen LogP contribution in [0.4, 0.5) is 0 Å². The minimum Gasteiger partial charge on any atom is -0.481 e. The van der Waals surface area contributed by atoms with E-state index < -0.39 is 11.9 Å². The molecule has 2 aliphatic rings. The smallest absolute Gasteiger partial charge is 0.308 e. The Hall–Kier alpha value is -1.10. The van der Waals surface area contributed by atoms with Crippen molar-refractivity contribution in [1.82, 2.24) is 4.90 Å². The summed E-state index contributed by atoms with van der Waals surface area (Å²) >= 11 is 0. The minimum atomic E-state index is -0.781. The molecule has 1 saturated carbocycles. The molecule has 0 aromatic heterocycles. The van der Waals surface area contributed by atoms with Crippen molar-refractivity contribution in [3.8, 4) is 0 Å². The monoisotopic (exact) mass is 269 g/mol. The van der Waals surface area contributed by atoms with Gasteiger partial charge >= 0.3 is 5.97 Å². The van der Waals surface area contributed by atoms with Crippen LogP contribution in [0.3, 0.4) is 0 Å². The lowest BCUT2D eigenvalue weighted by Gasteiger charge is -2.45. The number of methoxy groups -OCH3 is 1. The van der Waals surface area contributed by atoms with E-state index in [-0.39, 0.29) is 11.3 Å². The Kier molecular flexibility index (Phi) is 4.45. The van der Waals surface area contributed by atoms with Crippen LogP contribution in [0.25, 0.3) is 0 Å². The first-order chi connectivity index (χ1) is 9.09. The zero-order valence-corrected chi connectivity index (χ0v) is 11.6. The van der Waals surface area contributed by atoms with E-state index in [1.165, 1.54) is 0 Å². The van der Waals surface area contributed by atoms with Gasteiger partial charge in [0.2, 0.25) is 5.91 Å². The maximum absolute atomic E-state index is 12.7. The van der Waals surface area contributed by atoms with E-state index in [4.69, 9.17) is 9.84 Å². The van der Waals surface area contributed by atoms with E-state index in [0.717, 1.165) is 32.1 Å². The molecule has 1 atom stereocenters. The van der Waals surface area contributed by atoms with Crippen molar-refractivity contribution < 1.29 is 19.4 Å². The fourth-order valence-corrected chi connectivity index (χ4v) is 3.17. The Morgan fingerprint density at radius 2 is 2.11 bits per heavy atom. The number of likely N-dealkylation sites (tertiary alicyclic amines) is 1. The van der Waals surface area contributed by atoms with Gasteiger partial charge in [-0.05, 0) is 32.1 Å². The number of carbonyl (C=O) groups is 2. The van der Waals surface area contributed by atoms with Gasteiger partial charge in [-0.15, -0.1) is 0 Å². The number of aliphatic carboxylic acids is 1. The number of carboxylic acids is 1. The molecule has 1 amide bonds. The van der Waals surface area contributed by atoms with Gasteiger partial charge in [0.25, 0.3) is 0 Å². The summed E-state index contributed by atoms with van der Waals surface area (Å²) in [6.07, 6.45) is 5.17. The maximum Gasteiger partial charge on any atom is 0.308 e. The molecule has 2 rings (SSSR count). The molecular weight excluding hydrogens is 246 g/mol. The summed E-state index contributed by atoms with van der Waals surface area (Å²) in [7, 11) is 1.65. The van der Waals surface area contributed by atoms with Gasteiger partial charge in [0.1, 0.15) is 0 Å². The molecule has 1 aliphatic carbocycles. The van der Waals surface area contributed by atoms with Gasteiger partial charge in [0.15, 0.2) is 0 Å². The molecule has 1 saturated heterocycles. The molecule has 5 nitrogen and oxygen atoms in total. The Bertz CT molecular complexity index is 351. The van der Waals surface area contributed by atoms with Crippen molar-refractivity contribution in [3.63, 3.8) is 0 Å². The number of piperidine rings is 1. The molecule has 5 heteroatoms. The van der Waals surface area contributed by atoms with E-state index in [1.54, 1.807) is 12.0 Å². The molecule has 19 heavy (non-hydrogen) atoms. The molecule has 108 valence electrons. The molecule has 1 aliphatic heterocycles. The predicted octanol–water partition coefficient (Wildman–Crippen LogP) is 1.52. The van der Waals surface area contributed by atoms with Gasteiger partial charge < -0.3 is 14.7 Å².